The average Bonchev–Trinajstić information content (AvgIpc) is 3.55. The molecule has 2 bridgehead atoms. The number of thiazole rings is 1. The number of hydrazone groups is 1. The number of rotatable bonds is 5. The van der Waals surface area contributed by atoms with Gasteiger partial charge in [0, 0.05) is 12.1 Å². The first-order chi connectivity index (χ1) is 20.1. The second-order valence-electron chi connectivity index (χ2n) is 10.6. The number of nitrogens with zero attached hydrogens (tertiary/aromatic N) is 3. The van der Waals surface area contributed by atoms with Crippen molar-refractivity contribution < 1.29 is 14.3 Å². The molecule has 7 nitrogen and oxygen atoms in total. The molecule has 41 heavy (non-hydrogen) atoms. The summed E-state index contributed by atoms with van der Waals surface area (Å²) in [6, 6.07) is 31.4. The van der Waals surface area contributed by atoms with E-state index in [1.165, 1.54) is 16.2 Å². The third-order valence-electron chi connectivity index (χ3n) is 8.73. The number of nitrogens with one attached hydrogen (secondary N) is 1. The Labute approximate surface area is 240 Å². The molecule has 3 aliphatic carbocycles. The van der Waals surface area contributed by atoms with Crippen LogP contribution in [0, 0.1) is 11.8 Å². The molecule has 0 radical (unpaired) electrons. The summed E-state index contributed by atoms with van der Waals surface area (Å²) in [6.07, 6.45) is 1.83. The number of anilines is 2. The number of hydrogen-bond acceptors (Lipinski definition) is 7. The Balaban J connectivity index is 1.32. The fourth-order valence-corrected chi connectivity index (χ4v) is 8.03. The van der Waals surface area contributed by atoms with Gasteiger partial charge in [-0.05, 0) is 46.5 Å². The Morgan fingerprint density at radius 3 is 2.27 bits per heavy atom. The summed E-state index contributed by atoms with van der Waals surface area (Å²) >= 11 is 1.51. The normalized spacial score (nSPS) is 24.0. The third kappa shape index (κ3) is 3.19. The van der Waals surface area contributed by atoms with Gasteiger partial charge in [0.1, 0.15) is 5.75 Å². The molecule has 1 aromatic heterocycles. The topological polar surface area (TPSA) is 83.9 Å². The van der Waals surface area contributed by atoms with Crippen molar-refractivity contribution in [2.45, 2.75) is 11.3 Å². The van der Waals surface area contributed by atoms with E-state index in [0.29, 0.717) is 16.6 Å². The first-order valence-corrected chi connectivity index (χ1v) is 14.3. The molecule has 0 saturated carbocycles. The maximum absolute atomic E-state index is 14.5. The Bertz CT molecular complexity index is 1830. The number of methoxy groups -OCH3 is 1. The van der Waals surface area contributed by atoms with Crippen LogP contribution in [-0.2, 0) is 15.0 Å². The van der Waals surface area contributed by atoms with Crippen LogP contribution in [0.5, 0.6) is 5.75 Å². The molecule has 0 spiro atoms. The van der Waals surface area contributed by atoms with Crippen molar-refractivity contribution in [3.8, 4) is 5.75 Å². The van der Waals surface area contributed by atoms with Crippen molar-refractivity contribution in [2.24, 2.45) is 16.9 Å². The van der Waals surface area contributed by atoms with E-state index in [2.05, 4.69) is 34.7 Å². The summed E-state index contributed by atoms with van der Waals surface area (Å²) in [6.45, 7) is 0. The second kappa shape index (κ2) is 8.84. The Kier molecular flexibility index (Phi) is 5.18. The SMILES string of the molecule is COc1ccccc1N1C(=O)[C@@H]2C3c4ccccc4C(/C=N\Nc4nc5ccccc5s4)(c4ccccc43)[C@@H]2C1=O. The number of carbonyl (C=O) groups excluding carboxylic acids is 2. The number of imide groups is 1. The molecular weight excluding hydrogens is 532 g/mol. The molecule has 200 valence electrons. The molecule has 4 aromatic carbocycles. The van der Waals surface area contributed by atoms with Gasteiger partial charge in [-0.3, -0.25) is 15.0 Å². The van der Waals surface area contributed by atoms with Crippen LogP contribution >= 0.6 is 11.3 Å². The van der Waals surface area contributed by atoms with E-state index in [9.17, 15) is 9.59 Å². The summed E-state index contributed by atoms with van der Waals surface area (Å²) in [5, 5.41) is 5.40. The lowest BCUT2D eigenvalue weighted by Gasteiger charge is -2.52. The van der Waals surface area contributed by atoms with Crippen molar-refractivity contribution in [1.82, 2.24) is 4.98 Å². The predicted octanol–water partition coefficient (Wildman–Crippen LogP) is 5.95. The summed E-state index contributed by atoms with van der Waals surface area (Å²) in [5.74, 6) is -1.46. The van der Waals surface area contributed by atoms with Crippen LogP contribution < -0.4 is 15.1 Å². The molecule has 9 rings (SSSR count). The summed E-state index contributed by atoms with van der Waals surface area (Å²) < 4.78 is 6.63. The Morgan fingerprint density at radius 2 is 1.54 bits per heavy atom. The van der Waals surface area contributed by atoms with Gasteiger partial charge in [-0.25, -0.2) is 9.88 Å². The van der Waals surface area contributed by atoms with Gasteiger partial charge in [0.15, 0.2) is 0 Å². The number of amides is 2. The zero-order valence-corrected chi connectivity index (χ0v) is 22.8. The molecule has 2 heterocycles. The maximum Gasteiger partial charge on any atom is 0.239 e. The molecule has 1 aliphatic heterocycles. The zero-order valence-electron chi connectivity index (χ0n) is 22.0. The number of aromatic nitrogens is 1. The van der Waals surface area contributed by atoms with Crippen LogP contribution in [0.15, 0.2) is 102 Å². The minimum absolute atomic E-state index is 0.213. The van der Waals surface area contributed by atoms with E-state index >= 15 is 0 Å². The van der Waals surface area contributed by atoms with Crippen molar-refractivity contribution >= 4 is 50.4 Å². The van der Waals surface area contributed by atoms with Gasteiger partial charge >= 0.3 is 0 Å². The fraction of sp³-hybridized carbons (Fsp3) is 0.152. The van der Waals surface area contributed by atoms with Crippen LogP contribution in [0.2, 0.25) is 0 Å². The Hall–Kier alpha value is -4.82. The van der Waals surface area contributed by atoms with Gasteiger partial charge in [0.25, 0.3) is 0 Å². The van der Waals surface area contributed by atoms with Gasteiger partial charge in [-0.1, -0.05) is 84.1 Å². The lowest BCUT2D eigenvalue weighted by Crippen LogP contribution is -2.54. The molecule has 4 aliphatic rings. The third-order valence-corrected chi connectivity index (χ3v) is 9.67. The number of hydrogen-bond donors (Lipinski definition) is 1. The van der Waals surface area contributed by atoms with Crippen LogP contribution in [0.4, 0.5) is 10.8 Å². The highest BCUT2D eigenvalue weighted by atomic mass is 32.1. The standard InChI is InChI=1S/C33H24N4O3S/c1-40-25-16-8-7-15-24(25)37-30(38)28-27-19-10-2-4-12-21(19)33(29(28)31(37)39,22-13-5-3-11-20(22)27)18-34-36-32-35-23-14-6-9-17-26(23)41-32/h2-18,27-29H,1H3,(H,35,36)/b34-18-/t27?,28-,29+,33?/m1/s1. The van der Waals surface area contributed by atoms with E-state index in [1.54, 1.807) is 19.2 Å². The monoisotopic (exact) mass is 556 g/mol. The van der Waals surface area contributed by atoms with E-state index in [4.69, 9.17) is 9.84 Å². The Morgan fingerprint density at radius 1 is 0.878 bits per heavy atom. The predicted molar refractivity (Wildman–Crippen MR) is 160 cm³/mol. The average molecular weight is 557 g/mol. The summed E-state index contributed by atoms with van der Waals surface area (Å²) in [4.78, 5) is 34.9. The second-order valence-corrected chi connectivity index (χ2v) is 11.6. The van der Waals surface area contributed by atoms with Crippen LogP contribution in [0.1, 0.15) is 28.2 Å². The number of fused-ring (bicyclic) bond motifs is 1. The lowest BCUT2D eigenvalue weighted by molar-refractivity contribution is -0.122. The molecule has 1 fully saturated rings. The number of ether oxygens (including phenoxy) is 1. The van der Waals surface area contributed by atoms with Gasteiger partial charge < -0.3 is 4.74 Å². The maximum atomic E-state index is 14.5. The minimum Gasteiger partial charge on any atom is -0.495 e. The van der Waals surface area contributed by atoms with Gasteiger partial charge in [-0.2, -0.15) is 5.10 Å². The fourth-order valence-electron chi connectivity index (χ4n) is 7.21. The zero-order chi connectivity index (χ0) is 27.7. The molecule has 5 aromatic rings. The van der Waals surface area contributed by atoms with Gasteiger partial charge in [-0.15, -0.1) is 0 Å². The highest BCUT2D eigenvalue weighted by Gasteiger charge is 2.68. The van der Waals surface area contributed by atoms with Crippen molar-refractivity contribution in [3.05, 3.63) is 119 Å². The quantitative estimate of drug-likeness (QED) is 0.164. The molecule has 0 unspecified atom stereocenters. The number of para-hydroxylation sites is 3. The van der Waals surface area contributed by atoms with Gasteiger partial charge in [0.05, 0.1) is 40.3 Å². The minimum atomic E-state index is -0.959. The molecule has 2 atom stereocenters. The largest absolute Gasteiger partial charge is 0.495 e. The smallest absolute Gasteiger partial charge is 0.239 e. The highest BCUT2D eigenvalue weighted by Crippen LogP contribution is 2.64. The van der Waals surface area contributed by atoms with Crippen molar-refractivity contribution in [3.63, 3.8) is 0 Å². The van der Waals surface area contributed by atoms with E-state index in [0.717, 1.165) is 32.5 Å². The van der Waals surface area contributed by atoms with E-state index in [-0.39, 0.29) is 17.7 Å². The summed E-state index contributed by atoms with van der Waals surface area (Å²) in [7, 11) is 1.55. The lowest BCUT2D eigenvalue weighted by atomic mass is 9.47. The summed E-state index contributed by atoms with van der Waals surface area (Å²) in [5.41, 5.74) is 7.65. The van der Waals surface area contributed by atoms with Crippen molar-refractivity contribution in [1.29, 1.82) is 0 Å². The first kappa shape index (κ1) is 24.0. The molecule has 1 N–H and O–H groups in total. The van der Waals surface area contributed by atoms with Crippen LogP contribution in [-0.4, -0.2) is 30.1 Å². The number of benzene rings is 4. The molecule has 2 amide bonds. The van der Waals surface area contributed by atoms with Crippen LogP contribution in [0.25, 0.3) is 10.2 Å². The number of carbonyl (C=O) groups is 2. The first-order valence-electron chi connectivity index (χ1n) is 13.5. The van der Waals surface area contributed by atoms with Gasteiger partial charge in [0.2, 0.25) is 16.9 Å². The molecular formula is C33H24N4O3S. The van der Waals surface area contributed by atoms with E-state index < -0.39 is 17.3 Å². The van der Waals surface area contributed by atoms with E-state index in [1.807, 2.05) is 66.9 Å². The van der Waals surface area contributed by atoms with Crippen molar-refractivity contribution in [2.75, 3.05) is 17.4 Å². The highest BCUT2D eigenvalue weighted by molar-refractivity contribution is 7.22. The molecule has 1 saturated heterocycles. The molecule has 8 heteroatoms. The van der Waals surface area contributed by atoms with Crippen LogP contribution in [0.3, 0.4) is 0 Å².